The van der Waals surface area contributed by atoms with Crippen molar-refractivity contribution < 1.29 is 13.2 Å². The van der Waals surface area contributed by atoms with E-state index in [0.29, 0.717) is 23.9 Å². The summed E-state index contributed by atoms with van der Waals surface area (Å²) in [5.41, 5.74) is 1.73. The molecule has 146 valence electrons. The molecule has 1 aliphatic rings. The summed E-state index contributed by atoms with van der Waals surface area (Å²) in [6.07, 6.45) is 3.05. The van der Waals surface area contributed by atoms with E-state index < -0.39 is 10.0 Å². The third kappa shape index (κ3) is 5.29. The summed E-state index contributed by atoms with van der Waals surface area (Å²) >= 11 is 1.24. The molecule has 1 N–H and O–H groups in total. The van der Waals surface area contributed by atoms with Gasteiger partial charge in [0.15, 0.2) is 5.13 Å². The first kappa shape index (κ1) is 19.8. The number of amides is 1. The van der Waals surface area contributed by atoms with Gasteiger partial charge in [0.05, 0.1) is 10.6 Å². The summed E-state index contributed by atoms with van der Waals surface area (Å²) in [6, 6.07) is 6.66. The maximum Gasteiger partial charge on any atom is 0.263 e. The summed E-state index contributed by atoms with van der Waals surface area (Å²) in [5.74, 6) is 0.841. The molecule has 1 amide bonds. The van der Waals surface area contributed by atoms with Gasteiger partial charge in [0.1, 0.15) is 0 Å². The number of carbonyl (C=O) groups excluding carboxylic acids is 1. The van der Waals surface area contributed by atoms with Crippen LogP contribution in [0.5, 0.6) is 0 Å². The van der Waals surface area contributed by atoms with Crippen LogP contribution in [0, 0.1) is 12.8 Å². The van der Waals surface area contributed by atoms with E-state index in [4.69, 9.17) is 0 Å². The predicted octanol–water partition coefficient (Wildman–Crippen LogP) is 3.44. The zero-order valence-corrected chi connectivity index (χ0v) is 17.3. The van der Waals surface area contributed by atoms with E-state index in [1.54, 1.807) is 29.6 Å². The summed E-state index contributed by atoms with van der Waals surface area (Å²) in [4.78, 5) is 18.8. The molecule has 0 bridgehead atoms. The number of thiazole rings is 1. The van der Waals surface area contributed by atoms with Gasteiger partial charge in [0.2, 0.25) is 5.91 Å². The molecule has 0 saturated carbocycles. The SMILES string of the molecule is Cc1ccc(S(=O)(=O)Nc2nc(CCC(=O)N3CCC(C)CC3)cs2)cc1. The number of hydrogen-bond acceptors (Lipinski definition) is 5. The van der Waals surface area contributed by atoms with Gasteiger partial charge in [0.25, 0.3) is 10.0 Å². The standard InChI is InChI=1S/C19H25N3O3S2/c1-14-3-6-17(7-4-14)27(24,25)21-19-20-16(13-26-19)5-8-18(23)22-11-9-15(2)10-12-22/h3-4,6-7,13,15H,5,8-12H2,1-2H3,(H,20,21). The topological polar surface area (TPSA) is 79.4 Å². The second-order valence-electron chi connectivity index (χ2n) is 7.13. The summed E-state index contributed by atoms with van der Waals surface area (Å²) in [7, 11) is -3.65. The molecular formula is C19H25N3O3S2. The normalized spacial score (nSPS) is 15.7. The van der Waals surface area contributed by atoms with Crippen LogP contribution in [0.4, 0.5) is 5.13 Å². The molecule has 3 rings (SSSR count). The van der Waals surface area contributed by atoms with Gasteiger partial charge in [-0.25, -0.2) is 13.4 Å². The molecule has 1 aliphatic heterocycles. The van der Waals surface area contributed by atoms with Crippen molar-refractivity contribution in [2.75, 3.05) is 17.8 Å². The number of rotatable bonds is 6. The van der Waals surface area contributed by atoms with Crippen molar-refractivity contribution in [3.05, 3.63) is 40.9 Å². The number of nitrogens with zero attached hydrogens (tertiary/aromatic N) is 2. The number of carbonyl (C=O) groups is 1. The lowest BCUT2D eigenvalue weighted by atomic mass is 9.99. The number of anilines is 1. The fourth-order valence-corrected chi connectivity index (χ4v) is 5.01. The van der Waals surface area contributed by atoms with Gasteiger partial charge in [-0.3, -0.25) is 9.52 Å². The smallest absolute Gasteiger partial charge is 0.263 e. The first-order valence-corrected chi connectivity index (χ1v) is 11.5. The molecule has 8 heteroatoms. The van der Waals surface area contributed by atoms with E-state index in [9.17, 15) is 13.2 Å². The highest BCUT2D eigenvalue weighted by molar-refractivity contribution is 7.93. The van der Waals surface area contributed by atoms with Crippen LogP contribution < -0.4 is 4.72 Å². The third-order valence-electron chi connectivity index (χ3n) is 4.84. The van der Waals surface area contributed by atoms with Crippen LogP contribution >= 0.6 is 11.3 Å². The van der Waals surface area contributed by atoms with Crippen molar-refractivity contribution in [2.45, 2.75) is 44.4 Å². The Bertz CT molecular complexity index is 883. The average Bonchev–Trinajstić information content (AvgIpc) is 3.07. The minimum atomic E-state index is -3.65. The molecule has 1 fully saturated rings. The van der Waals surface area contributed by atoms with Crippen molar-refractivity contribution in [2.24, 2.45) is 5.92 Å². The first-order chi connectivity index (χ1) is 12.8. The second-order valence-corrected chi connectivity index (χ2v) is 9.67. The molecule has 0 aliphatic carbocycles. The summed E-state index contributed by atoms with van der Waals surface area (Å²) in [6.45, 7) is 5.79. The molecule has 2 aromatic rings. The number of likely N-dealkylation sites (tertiary alicyclic amines) is 1. The van der Waals surface area contributed by atoms with Crippen molar-refractivity contribution in [1.29, 1.82) is 0 Å². The molecule has 1 aromatic heterocycles. The molecule has 1 saturated heterocycles. The summed E-state index contributed by atoms with van der Waals surface area (Å²) < 4.78 is 27.3. The van der Waals surface area contributed by atoms with Crippen molar-refractivity contribution in [1.82, 2.24) is 9.88 Å². The quantitative estimate of drug-likeness (QED) is 0.795. The van der Waals surface area contributed by atoms with E-state index in [1.165, 1.54) is 11.3 Å². The number of nitrogens with one attached hydrogen (secondary N) is 1. The van der Waals surface area contributed by atoms with Gasteiger partial charge in [-0.05, 0) is 44.2 Å². The molecule has 1 aromatic carbocycles. The van der Waals surface area contributed by atoms with Crippen LogP contribution in [-0.4, -0.2) is 37.3 Å². The Labute approximate surface area is 164 Å². The lowest BCUT2D eigenvalue weighted by molar-refractivity contribution is -0.132. The number of aromatic nitrogens is 1. The van der Waals surface area contributed by atoms with E-state index in [1.807, 2.05) is 11.8 Å². The van der Waals surface area contributed by atoms with Crippen molar-refractivity contribution >= 4 is 32.4 Å². The van der Waals surface area contributed by atoms with Crippen LogP contribution in [0.1, 0.15) is 37.4 Å². The Hall–Kier alpha value is -1.93. The van der Waals surface area contributed by atoms with E-state index >= 15 is 0 Å². The van der Waals surface area contributed by atoms with Gasteiger partial charge in [-0.15, -0.1) is 11.3 Å². The first-order valence-electron chi connectivity index (χ1n) is 9.15. The second kappa shape index (κ2) is 8.39. The van der Waals surface area contributed by atoms with Gasteiger partial charge < -0.3 is 4.90 Å². The van der Waals surface area contributed by atoms with E-state index in [-0.39, 0.29) is 10.8 Å². The molecule has 6 nitrogen and oxygen atoms in total. The van der Waals surface area contributed by atoms with Crippen LogP contribution in [0.2, 0.25) is 0 Å². The predicted molar refractivity (Wildman–Crippen MR) is 107 cm³/mol. The lowest BCUT2D eigenvalue weighted by Gasteiger charge is -2.30. The third-order valence-corrected chi connectivity index (χ3v) is 7.13. The fourth-order valence-electron chi connectivity index (χ4n) is 3.01. The largest absolute Gasteiger partial charge is 0.343 e. The van der Waals surface area contributed by atoms with Crippen LogP contribution in [0.3, 0.4) is 0 Å². The van der Waals surface area contributed by atoms with Crippen LogP contribution in [0.15, 0.2) is 34.5 Å². The Morgan fingerprint density at radius 3 is 2.59 bits per heavy atom. The zero-order valence-electron chi connectivity index (χ0n) is 15.6. The Morgan fingerprint density at radius 1 is 1.26 bits per heavy atom. The minimum Gasteiger partial charge on any atom is -0.343 e. The number of hydrogen-bond donors (Lipinski definition) is 1. The van der Waals surface area contributed by atoms with Gasteiger partial charge in [0, 0.05) is 24.9 Å². The molecular weight excluding hydrogens is 382 g/mol. The van der Waals surface area contributed by atoms with Crippen LogP contribution in [-0.2, 0) is 21.2 Å². The molecule has 0 unspecified atom stereocenters. The van der Waals surface area contributed by atoms with Crippen LogP contribution in [0.25, 0.3) is 0 Å². The average molecular weight is 408 g/mol. The maximum atomic E-state index is 12.4. The number of piperidine rings is 1. The Balaban J connectivity index is 1.55. The highest BCUT2D eigenvalue weighted by Crippen LogP contribution is 2.22. The monoisotopic (exact) mass is 407 g/mol. The highest BCUT2D eigenvalue weighted by Gasteiger charge is 2.20. The van der Waals surface area contributed by atoms with E-state index in [0.717, 1.165) is 37.2 Å². The van der Waals surface area contributed by atoms with Gasteiger partial charge in [-0.2, -0.15) is 0 Å². The maximum absolute atomic E-state index is 12.4. The number of benzene rings is 1. The summed E-state index contributed by atoms with van der Waals surface area (Å²) in [5, 5.41) is 2.13. The lowest BCUT2D eigenvalue weighted by Crippen LogP contribution is -2.38. The Kier molecular flexibility index (Phi) is 6.16. The molecule has 2 heterocycles. The number of aryl methyl sites for hydroxylation is 2. The molecule has 27 heavy (non-hydrogen) atoms. The molecule has 0 spiro atoms. The minimum absolute atomic E-state index is 0.150. The van der Waals surface area contributed by atoms with Gasteiger partial charge in [-0.1, -0.05) is 24.6 Å². The fraction of sp³-hybridized carbons (Fsp3) is 0.474. The van der Waals surface area contributed by atoms with Crippen molar-refractivity contribution in [3.63, 3.8) is 0 Å². The molecule has 0 atom stereocenters. The molecule has 0 radical (unpaired) electrons. The Morgan fingerprint density at radius 2 is 1.93 bits per heavy atom. The number of sulfonamides is 1. The van der Waals surface area contributed by atoms with Gasteiger partial charge >= 0.3 is 0 Å². The van der Waals surface area contributed by atoms with E-state index in [2.05, 4.69) is 16.6 Å². The van der Waals surface area contributed by atoms with Crippen molar-refractivity contribution in [3.8, 4) is 0 Å². The highest BCUT2D eigenvalue weighted by atomic mass is 32.2. The zero-order chi connectivity index (χ0) is 19.4.